The Kier molecular flexibility index (Phi) is 4.60. The molecule has 0 spiro atoms. The molecule has 0 saturated carbocycles. The zero-order valence-electron chi connectivity index (χ0n) is 15.6. The highest BCUT2D eigenvalue weighted by atomic mass is 19.1. The molecule has 0 bridgehead atoms. The Morgan fingerprint density at radius 2 is 1.66 bits per heavy atom. The standard InChI is InChI=1S/C23H18FN3O2/c1-14-9-11-15(12-10-14)22(28)21-20(25)19(18-8-4-5-13-27(18)21)23(29)26-17-7-3-2-6-16(17)24/h2-13H,25H2,1H3,(H,26,29). The number of para-hydroxylation sites is 1. The van der Waals surface area contributed by atoms with E-state index in [0.717, 1.165) is 5.56 Å². The molecule has 6 heteroatoms. The number of anilines is 2. The van der Waals surface area contributed by atoms with Crippen LogP contribution >= 0.6 is 0 Å². The van der Waals surface area contributed by atoms with Gasteiger partial charge in [-0.2, -0.15) is 0 Å². The van der Waals surface area contributed by atoms with Crippen LogP contribution in [0.15, 0.2) is 72.9 Å². The highest BCUT2D eigenvalue weighted by Crippen LogP contribution is 2.29. The topological polar surface area (TPSA) is 76.6 Å². The number of carbonyl (C=O) groups excluding carboxylic acids is 2. The number of nitrogens with one attached hydrogen (secondary N) is 1. The molecule has 0 unspecified atom stereocenters. The van der Waals surface area contributed by atoms with E-state index in [9.17, 15) is 14.0 Å². The molecule has 0 fully saturated rings. The number of carbonyl (C=O) groups is 2. The maximum Gasteiger partial charge on any atom is 0.260 e. The zero-order valence-corrected chi connectivity index (χ0v) is 15.6. The van der Waals surface area contributed by atoms with Crippen molar-refractivity contribution < 1.29 is 14.0 Å². The average molecular weight is 387 g/mol. The van der Waals surface area contributed by atoms with Crippen LogP contribution in [-0.2, 0) is 0 Å². The second-order valence-electron chi connectivity index (χ2n) is 6.72. The molecule has 0 atom stereocenters. The predicted molar refractivity (Wildman–Crippen MR) is 111 cm³/mol. The third kappa shape index (κ3) is 3.25. The highest BCUT2D eigenvalue weighted by molar-refractivity contribution is 6.20. The number of pyridine rings is 1. The van der Waals surface area contributed by atoms with Gasteiger partial charge in [0.15, 0.2) is 0 Å². The molecule has 4 aromatic rings. The molecule has 5 nitrogen and oxygen atoms in total. The van der Waals surface area contributed by atoms with Crippen molar-refractivity contribution >= 4 is 28.6 Å². The summed E-state index contributed by atoms with van der Waals surface area (Å²) in [5.74, 6) is -1.44. The summed E-state index contributed by atoms with van der Waals surface area (Å²) in [6, 6.07) is 18.2. The van der Waals surface area contributed by atoms with Gasteiger partial charge in [0.05, 0.1) is 22.5 Å². The quantitative estimate of drug-likeness (QED) is 0.508. The van der Waals surface area contributed by atoms with Gasteiger partial charge < -0.3 is 15.5 Å². The van der Waals surface area contributed by atoms with Crippen molar-refractivity contribution in [2.45, 2.75) is 6.92 Å². The SMILES string of the molecule is Cc1ccc(C(=O)c2c(N)c(C(=O)Nc3ccccc3F)c3ccccn23)cc1. The Morgan fingerprint density at radius 3 is 2.38 bits per heavy atom. The number of nitrogen functional groups attached to an aromatic ring is 1. The van der Waals surface area contributed by atoms with E-state index in [-0.39, 0.29) is 28.4 Å². The fourth-order valence-electron chi connectivity index (χ4n) is 3.29. The molecule has 3 N–H and O–H groups in total. The fraction of sp³-hybridized carbons (Fsp3) is 0.0435. The smallest absolute Gasteiger partial charge is 0.260 e. The number of amides is 1. The van der Waals surface area contributed by atoms with Gasteiger partial charge in [0.1, 0.15) is 11.5 Å². The van der Waals surface area contributed by atoms with Crippen LogP contribution in [0.25, 0.3) is 5.52 Å². The third-order valence-electron chi connectivity index (χ3n) is 4.76. The third-order valence-corrected chi connectivity index (χ3v) is 4.76. The van der Waals surface area contributed by atoms with Crippen LogP contribution in [0.2, 0.25) is 0 Å². The molecular formula is C23H18FN3O2. The van der Waals surface area contributed by atoms with Crippen LogP contribution in [0.1, 0.15) is 32.0 Å². The van der Waals surface area contributed by atoms with Gasteiger partial charge in [0.25, 0.3) is 5.91 Å². The second-order valence-corrected chi connectivity index (χ2v) is 6.72. The predicted octanol–water partition coefficient (Wildman–Crippen LogP) is 4.45. The Hall–Kier alpha value is -3.93. The number of ketones is 1. The first-order valence-electron chi connectivity index (χ1n) is 9.03. The van der Waals surface area contributed by atoms with E-state index < -0.39 is 11.7 Å². The second kappa shape index (κ2) is 7.24. The van der Waals surface area contributed by atoms with Crippen molar-refractivity contribution in [3.8, 4) is 0 Å². The lowest BCUT2D eigenvalue weighted by molar-refractivity contribution is 0.102. The van der Waals surface area contributed by atoms with Gasteiger partial charge in [0, 0.05) is 11.8 Å². The molecule has 0 saturated heterocycles. The molecule has 29 heavy (non-hydrogen) atoms. The van der Waals surface area contributed by atoms with Crippen molar-refractivity contribution in [2.24, 2.45) is 0 Å². The molecule has 0 aliphatic carbocycles. The van der Waals surface area contributed by atoms with Crippen molar-refractivity contribution in [1.82, 2.24) is 4.40 Å². The first-order chi connectivity index (χ1) is 14.0. The molecule has 0 aliphatic rings. The monoisotopic (exact) mass is 387 g/mol. The molecular weight excluding hydrogens is 369 g/mol. The summed E-state index contributed by atoms with van der Waals surface area (Å²) in [5.41, 5.74) is 8.66. The number of benzene rings is 2. The minimum Gasteiger partial charge on any atom is -0.396 e. The Bertz CT molecular complexity index is 1240. The lowest BCUT2D eigenvalue weighted by Crippen LogP contribution is -2.15. The molecule has 144 valence electrons. The number of hydrogen-bond donors (Lipinski definition) is 2. The van der Waals surface area contributed by atoms with E-state index in [1.54, 1.807) is 47.0 Å². The van der Waals surface area contributed by atoms with Gasteiger partial charge in [-0.1, -0.05) is 48.0 Å². The van der Waals surface area contributed by atoms with Crippen molar-refractivity contribution in [3.05, 3.63) is 101 Å². The number of fused-ring (bicyclic) bond motifs is 1. The van der Waals surface area contributed by atoms with Gasteiger partial charge in [-0.25, -0.2) is 4.39 Å². The molecule has 1 amide bonds. The van der Waals surface area contributed by atoms with E-state index in [2.05, 4.69) is 5.32 Å². The Labute approximate surface area is 166 Å². The number of aryl methyl sites for hydroxylation is 1. The number of rotatable bonds is 4. The minimum atomic E-state index is -0.584. The Morgan fingerprint density at radius 1 is 0.966 bits per heavy atom. The number of aromatic nitrogens is 1. The summed E-state index contributed by atoms with van der Waals surface area (Å²) < 4.78 is 15.6. The first kappa shape index (κ1) is 18.4. The zero-order chi connectivity index (χ0) is 20.5. The van der Waals surface area contributed by atoms with Crippen LogP contribution < -0.4 is 11.1 Å². The lowest BCUT2D eigenvalue weighted by atomic mass is 10.0. The lowest BCUT2D eigenvalue weighted by Gasteiger charge is -2.06. The average Bonchev–Trinajstić information content (AvgIpc) is 3.01. The van der Waals surface area contributed by atoms with Gasteiger partial charge in [-0.05, 0) is 31.2 Å². The van der Waals surface area contributed by atoms with Crippen LogP contribution in [0.5, 0.6) is 0 Å². The van der Waals surface area contributed by atoms with Crippen LogP contribution in [-0.4, -0.2) is 16.1 Å². The maximum atomic E-state index is 14.0. The Balaban J connectivity index is 1.83. The van der Waals surface area contributed by atoms with E-state index in [4.69, 9.17) is 5.73 Å². The van der Waals surface area contributed by atoms with Gasteiger partial charge in [-0.3, -0.25) is 9.59 Å². The van der Waals surface area contributed by atoms with Gasteiger partial charge in [-0.15, -0.1) is 0 Å². The summed E-state index contributed by atoms with van der Waals surface area (Å²) >= 11 is 0. The largest absolute Gasteiger partial charge is 0.396 e. The fourth-order valence-corrected chi connectivity index (χ4v) is 3.29. The van der Waals surface area contributed by atoms with Crippen molar-refractivity contribution in [1.29, 1.82) is 0 Å². The number of hydrogen-bond acceptors (Lipinski definition) is 3. The van der Waals surface area contributed by atoms with Gasteiger partial charge >= 0.3 is 0 Å². The highest BCUT2D eigenvalue weighted by Gasteiger charge is 2.26. The number of halogens is 1. The molecule has 2 heterocycles. The maximum absolute atomic E-state index is 14.0. The number of nitrogens with zero attached hydrogens (tertiary/aromatic N) is 1. The van der Waals surface area contributed by atoms with E-state index in [1.807, 2.05) is 19.1 Å². The molecule has 0 aliphatic heterocycles. The minimum absolute atomic E-state index is 0.0404. The first-order valence-corrected chi connectivity index (χ1v) is 9.03. The van der Waals surface area contributed by atoms with Crippen LogP contribution in [0.4, 0.5) is 15.8 Å². The normalized spacial score (nSPS) is 10.8. The van der Waals surface area contributed by atoms with Crippen molar-refractivity contribution in [2.75, 3.05) is 11.1 Å². The molecule has 0 radical (unpaired) electrons. The van der Waals surface area contributed by atoms with Crippen LogP contribution in [0, 0.1) is 12.7 Å². The summed E-state index contributed by atoms with van der Waals surface area (Å²) in [4.78, 5) is 26.1. The van der Waals surface area contributed by atoms with E-state index in [1.165, 1.54) is 18.2 Å². The number of nitrogens with two attached hydrogens (primary N) is 1. The van der Waals surface area contributed by atoms with E-state index >= 15 is 0 Å². The molecule has 2 aromatic carbocycles. The summed E-state index contributed by atoms with van der Waals surface area (Å²) in [7, 11) is 0. The molecule has 2 aromatic heterocycles. The van der Waals surface area contributed by atoms with E-state index in [0.29, 0.717) is 11.1 Å². The van der Waals surface area contributed by atoms with Crippen molar-refractivity contribution in [3.63, 3.8) is 0 Å². The summed E-state index contributed by atoms with van der Waals surface area (Å²) in [5, 5.41) is 2.54. The molecule has 4 rings (SSSR count). The summed E-state index contributed by atoms with van der Waals surface area (Å²) in [6.07, 6.45) is 1.67. The van der Waals surface area contributed by atoms with Crippen LogP contribution in [0.3, 0.4) is 0 Å². The summed E-state index contributed by atoms with van der Waals surface area (Å²) in [6.45, 7) is 1.93. The van der Waals surface area contributed by atoms with Gasteiger partial charge in [0.2, 0.25) is 5.78 Å².